The zero-order valence-electron chi connectivity index (χ0n) is 18.3. The van der Waals surface area contributed by atoms with E-state index in [4.69, 9.17) is 4.74 Å². The van der Waals surface area contributed by atoms with Crippen LogP contribution in [0.3, 0.4) is 0 Å². The maximum atomic E-state index is 15.2. The van der Waals surface area contributed by atoms with Gasteiger partial charge >= 0.3 is 6.18 Å². The normalized spacial score (nSPS) is 16.0. The van der Waals surface area contributed by atoms with Gasteiger partial charge in [0.1, 0.15) is 11.0 Å². The monoisotopic (exact) mass is 509 g/mol. The van der Waals surface area contributed by atoms with E-state index in [-0.39, 0.29) is 46.8 Å². The average Bonchev–Trinajstić information content (AvgIpc) is 3.57. The Morgan fingerprint density at radius 3 is 2.74 bits per heavy atom. The number of fused-ring (bicyclic) bond motifs is 1. The van der Waals surface area contributed by atoms with Gasteiger partial charge in [0.25, 0.3) is 0 Å². The molecular weight excluding hydrogens is 490 g/mol. The third-order valence-corrected chi connectivity index (χ3v) is 5.91. The summed E-state index contributed by atoms with van der Waals surface area (Å²) in [4.78, 5) is 28.8. The van der Waals surface area contributed by atoms with Crippen molar-refractivity contribution in [2.45, 2.75) is 18.7 Å². The summed E-state index contributed by atoms with van der Waals surface area (Å²) in [6, 6.07) is 5.97. The summed E-state index contributed by atoms with van der Waals surface area (Å²) in [5, 5.41) is 0. The van der Waals surface area contributed by atoms with Crippen LogP contribution in [0, 0.1) is 5.82 Å². The third kappa shape index (κ3) is 4.48. The molecule has 35 heavy (non-hydrogen) atoms. The molecule has 4 aromatic rings. The first-order valence-corrected chi connectivity index (χ1v) is 10.5. The average molecular weight is 510 g/mol. The number of imidazole rings is 1. The number of H-pyrrole nitrogens is 2. The SMILES string of the molecule is CO[C@@H]1CCN(c2ncc3nc(-c4cc(C(=O)c5ccccc5C(F)(F)F)c[nH]4)[nH]c3c2F)C1.Cl. The van der Waals surface area contributed by atoms with Gasteiger partial charge in [0.05, 0.1) is 23.6 Å². The van der Waals surface area contributed by atoms with Crippen molar-refractivity contribution in [1.82, 2.24) is 19.9 Å². The van der Waals surface area contributed by atoms with Gasteiger partial charge in [-0.1, -0.05) is 18.2 Å². The number of aromatic nitrogens is 4. The summed E-state index contributed by atoms with van der Waals surface area (Å²) >= 11 is 0. The van der Waals surface area contributed by atoms with Gasteiger partial charge in [0.15, 0.2) is 23.2 Å². The summed E-state index contributed by atoms with van der Waals surface area (Å²) < 4.78 is 60.5. The fourth-order valence-corrected chi connectivity index (χ4v) is 4.15. The van der Waals surface area contributed by atoms with Crippen molar-refractivity contribution in [3.8, 4) is 11.5 Å². The van der Waals surface area contributed by atoms with Crippen LogP contribution in [0.25, 0.3) is 22.6 Å². The zero-order valence-corrected chi connectivity index (χ0v) is 19.1. The molecule has 1 aliphatic heterocycles. The van der Waals surface area contributed by atoms with Gasteiger partial charge in [0.2, 0.25) is 0 Å². The van der Waals surface area contributed by atoms with Gasteiger partial charge in [-0.3, -0.25) is 4.79 Å². The minimum atomic E-state index is -4.66. The number of methoxy groups -OCH3 is 1. The number of hydrogen-bond donors (Lipinski definition) is 2. The van der Waals surface area contributed by atoms with E-state index >= 15 is 4.39 Å². The van der Waals surface area contributed by atoms with Crippen LogP contribution in [0.5, 0.6) is 0 Å². The van der Waals surface area contributed by atoms with Crippen LogP contribution in [0.15, 0.2) is 42.7 Å². The molecule has 1 atom stereocenters. The number of carbonyl (C=O) groups is 1. The Morgan fingerprint density at radius 2 is 2.03 bits per heavy atom. The third-order valence-electron chi connectivity index (χ3n) is 5.91. The topological polar surface area (TPSA) is 86.9 Å². The van der Waals surface area contributed by atoms with Crippen LogP contribution in [-0.4, -0.2) is 52.0 Å². The Labute approximate surface area is 202 Å². The highest BCUT2D eigenvalue weighted by atomic mass is 35.5. The molecule has 0 saturated carbocycles. The van der Waals surface area contributed by atoms with E-state index in [2.05, 4.69) is 19.9 Å². The molecule has 12 heteroatoms. The van der Waals surface area contributed by atoms with E-state index in [0.717, 1.165) is 18.6 Å². The van der Waals surface area contributed by atoms with Gasteiger partial charge in [0, 0.05) is 37.5 Å². The minimum Gasteiger partial charge on any atom is -0.380 e. The summed E-state index contributed by atoms with van der Waals surface area (Å²) in [7, 11) is 1.61. The maximum Gasteiger partial charge on any atom is 0.417 e. The van der Waals surface area contributed by atoms with Gasteiger partial charge in [-0.15, -0.1) is 12.4 Å². The Morgan fingerprint density at radius 1 is 1.26 bits per heavy atom. The number of hydrogen-bond acceptors (Lipinski definition) is 5. The van der Waals surface area contributed by atoms with Crippen LogP contribution < -0.4 is 4.90 Å². The molecule has 0 amide bonds. The number of alkyl halides is 3. The lowest BCUT2D eigenvalue weighted by Gasteiger charge is -2.17. The first-order chi connectivity index (χ1) is 16.3. The van der Waals surface area contributed by atoms with Crippen LogP contribution in [-0.2, 0) is 10.9 Å². The van der Waals surface area contributed by atoms with Crippen molar-refractivity contribution in [1.29, 1.82) is 0 Å². The summed E-state index contributed by atoms with van der Waals surface area (Å²) in [6.45, 7) is 1.13. The number of nitrogens with one attached hydrogen (secondary N) is 2. The molecule has 0 radical (unpaired) electrons. The lowest BCUT2D eigenvalue weighted by Crippen LogP contribution is -2.24. The summed E-state index contributed by atoms with van der Waals surface area (Å²) in [6.07, 6.45) is -1.15. The summed E-state index contributed by atoms with van der Waals surface area (Å²) in [5.41, 5.74) is -0.691. The van der Waals surface area contributed by atoms with E-state index < -0.39 is 28.9 Å². The predicted molar refractivity (Wildman–Crippen MR) is 123 cm³/mol. The van der Waals surface area contributed by atoms with Crippen molar-refractivity contribution in [2.75, 3.05) is 25.1 Å². The Hall–Kier alpha value is -3.44. The van der Waals surface area contributed by atoms with Crippen molar-refractivity contribution in [2.24, 2.45) is 0 Å². The highest BCUT2D eigenvalue weighted by molar-refractivity contribution is 6.10. The molecule has 1 saturated heterocycles. The molecule has 5 rings (SSSR count). The quantitative estimate of drug-likeness (QED) is 0.292. The lowest BCUT2D eigenvalue weighted by atomic mass is 9.99. The van der Waals surface area contributed by atoms with Crippen molar-refractivity contribution in [3.63, 3.8) is 0 Å². The molecule has 3 aromatic heterocycles. The lowest BCUT2D eigenvalue weighted by molar-refractivity contribution is -0.137. The summed E-state index contributed by atoms with van der Waals surface area (Å²) in [5.74, 6) is -0.932. The van der Waals surface area contributed by atoms with E-state index in [0.29, 0.717) is 18.8 Å². The predicted octanol–water partition coefficient (Wildman–Crippen LogP) is 4.99. The number of aromatic amines is 2. The number of anilines is 1. The highest BCUT2D eigenvalue weighted by Gasteiger charge is 2.35. The second-order valence-electron chi connectivity index (χ2n) is 8.01. The van der Waals surface area contributed by atoms with E-state index in [1.165, 1.54) is 30.6 Å². The Bertz CT molecular complexity index is 1380. The molecule has 0 unspecified atom stereocenters. The van der Waals surface area contributed by atoms with Crippen LogP contribution >= 0.6 is 12.4 Å². The van der Waals surface area contributed by atoms with Crippen molar-refractivity contribution < 1.29 is 27.1 Å². The first-order valence-electron chi connectivity index (χ1n) is 10.5. The van der Waals surface area contributed by atoms with Gasteiger partial charge in [-0.05, 0) is 18.6 Å². The van der Waals surface area contributed by atoms with Crippen molar-refractivity contribution >= 4 is 35.0 Å². The Kier molecular flexibility index (Phi) is 6.56. The molecule has 7 nitrogen and oxygen atoms in total. The van der Waals surface area contributed by atoms with Crippen LogP contribution in [0.2, 0.25) is 0 Å². The van der Waals surface area contributed by atoms with E-state index in [9.17, 15) is 18.0 Å². The number of ketones is 1. The number of nitrogens with zero attached hydrogens (tertiary/aromatic N) is 3. The van der Waals surface area contributed by atoms with Gasteiger partial charge in [-0.2, -0.15) is 13.2 Å². The largest absolute Gasteiger partial charge is 0.417 e. The van der Waals surface area contributed by atoms with Crippen LogP contribution in [0.4, 0.5) is 23.4 Å². The number of benzene rings is 1. The second kappa shape index (κ2) is 9.31. The molecular formula is C23H20ClF4N5O2. The zero-order chi connectivity index (χ0) is 24.0. The molecule has 0 bridgehead atoms. The second-order valence-corrected chi connectivity index (χ2v) is 8.01. The molecule has 184 valence electrons. The molecule has 0 spiro atoms. The Balaban J connectivity index is 0.00000289. The standard InChI is InChI=1S/C23H19F4N5O2.ClH/c1-34-13-6-7-32(11-13)22-18(24)19-17(10-29-22)30-21(31-19)16-8-12(9-28-16)20(33)14-4-2-3-5-15(14)23(25,26)27;/h2-5,8-10,13,28H,6-7,11H2,1H3,(H,30,31);1H/t13-;/m1./s1. The van der Waals surface area contributed by atoms with Gasteiger partial charge < -0.3 is 19.6 Å². The highest BCUT2D eigenvalue weighted by Crippen LogP contribution is 2.33. The molecule has 0 aliphatic carbocycles. The molecule has 1 aliphatic rings. The number of pyridine rings is 1. The van der Waals surface area contributed by atoms with E-state index in [1.807, 2.05) is 0 Å². The number of ether oxygens (including phenoxy) is 1. The van der Waals surface area contributed by atoms with Gasteiger partial charge in [-0.25, -0.2) is 14.4 Å². The van der Waals surface area contributed by atoms with Crippen molar-refractivity contribution in [3.05, 3.63) is 65.2 Å². The number of rotatable bonds is 5. The smallest absolute Gasteiger partial charge is 0.380 e. The van der Waals surface area contributed by atoms with Crippen LogP contribution in [0.1, 0.15) is 27.9 Å². The first kappa shape index (κ1) is 24.7. The molecule has 4 heterocycles. The number of halogens is 5. The minimum absolute atomic E-state index is 0. The molecule has 1 fully saturated rings. The number of carbonyl (C=O) groups excluding carboxylic acids is 1. The van der Waals surface area contributed by atoms with E-state index in [1.54, 1.807) is 12.0 Å². The molecule has 2 N–H and O–H groups in total. The molecule has 1 aromatic carbocycles. The fourth-order valence-electron chi connectivity index (χ4n) is 4.15. The fraction of sp³-hybridized carbons (Fsp3) is 0.261. The maximum absolute atomic E-state index is 15.2.